The van der Waals surface area contributed by atoms with Crippen LogP contribution in [-0.4, -0.2) is 32.7 Å². The summed E-state index contributed by atoms with van der Waals surface area (Å²) in [5, 5.41) is 2.53. The van der Waals surface area contributed by atoms with Gasteiger partial charge in [0.05, 0.1) is 5.75 Å². The molecule has 1 amide bonds. The van der Waals surface area contributed by atoms with Crippen LogP contribution < -0.4 is 10.0 Å². The van der Waals surface area contributed by atoms with E-state index >= 15 is 0 Å². The van der Waals surface area contributed by atoms with Crippen LogP contribution in [0.15, 0.2) is 24.3 Å². The highest BCUT2D eigenvalue weighted by Crippen LogP contribution is 2.17. The molecule has 1 aliphatic carbocycles. The average Bonchev–Trinajstić information content (AvgIpc) is 2.48. The molecule has 7 heteroatoms. The molecule has 1 saturated carbocycles. The normalized spacial score (nSPS) is 16.4. The highest BCUT2D eigenvalue weighted by atomic mass is 32.2. The van der Waals surface area contributed by atoms with Crippen LogP contribution in [0, 0.1) is 5.82 Å². The smallest absolute Gasteiger partial charge is 0.251 e. The Bertz CT molecular complexity index is 596. The lowest BCUT2D eigenvalue weighted by atomic mass is 9.96. The van der Waals surface area contributed by atoms with Crippen molar-refractivity contribution in [2.24, 2.45) is 0 Å². The van der Waals surface area contributed by atoms with Crippen LogP contribution in [0.5, 0.6) is 0 Å². The summed E-state index contributed by atoms with van der Waals surface area (Å²) in [6.45, 7) is 0.0261. The number of rotatable bonds is 6. The van der Waals surface area contributed by atoms with E-state index in [1.165, 1.54) is 24.3 Å². The molecule has 0 heterocycles. The summed E-state index contributed by atoms with van der Waals surface area (Å²) in [7, 11) is -3.39. The number of carbonyl (C=O) groups excluding carboxylic acids is 1. The largest absolute Gasteiger partial charge is 0.351 e. The predicted octanol–water partition coefficient (Wildman–Crippen LogP) is 1.81. The van der Waals surface area contributed by atoms with Gasteiger partial charge >= 0.3 is 0 Å². The second-order valence-electron chi connectivity index (χ2n) is 5.53. The van der Waals surface area contributed by atoms with Crippen molar-refractivity contribution in [2.45, 2.75) is 38.1 Å². The van der Waals surface area contributed by atoms with Crippen molar-refractivity contribution < 1.29 is 17.6 Å². The SMILES string of the molecule is O=C(NCCS(=O)(=O)NC1CCCCC1)c1ccc(F)cc1. The Morgan fingerprint density at radius 2 is 1.77 bits per heavy atom. The predicted molar refractivity (Wildman–Crippen MR) is 82.5 cm³/mol. The summed E-state index contributed by atoms with van der Waals surface area (Å²) in [6, 6.07) is 5.12. The average molecular weight is 328 g/mol. The van der Waals surface area contributed by atoms with Gasteiger partial charge in [0.1, 0.15) is 5.82 Å². The van der Waals surface area contributed by atoms with Crippen molar-refractivity contribution in [3.05, 3.63) is 35.6 Å². The molecular formula is C15H21FN2O3S. The van der Waals surface area contributed by atoms with Crippen LogP contribution in [0.25, 0.3) is 0 Å². The molecular weight excluding hydrogens is 307 g/mol. The molecule has 5 nitrogen and oxygen atoms in total. The summed E-state index contributed by atoms with van der Waals surface area (Å²) in [5.74, 6) is -0.986. The maximum absolute atomic E-state index is 12.8. The number of carbonyl (C=O) groups is 1. The lowest BCUT2D eigenvalue weighted by Crippen LogP contribution is -2.40. The molecule has 0 spiro atoms. The van der Waals surface area contributed by atoms with Gasteiger partial charge in [-0.05, 0) is 37.1 Å². The first-order valence-corrected chi connectivity index (χ1v) is 9.15. The fraction of sp³-hybridized carbons (Fsp3) is 0.533. The van der Waals surface area contributed by atoms with E-state index in [-0.39, 0.29) is 18.3 Å². The fourth-order valence-corrected chi connectivity index (χ4v) is 3.77. The van der Waals surface area contributed by atoms with Gasteiger partial charge in [-0.3, -0.25) is 4.79 Å². The van der Waals surface area contributed by atoms with Crippen molar-refractivity contribution in [1.82, 2.24) is 10.0 Å². The van der Waals surface area contributed by atoms with E-state index in [0.717, 1.165) is 32.1 Å². The Balaban J connectivity index is 1.76. The van der Waals surface area contributed by atoms with E-state index in [1.54, 1.807) is 0 Å². The Kier molecular flexibility index (Phi) is 5.90. The van der Waals surface area contributed by atoms with Crippen molar-refractivity contribution in [3.8, 4) is 0 Å². The van der Waals surface area contributed by atoms with E-state index in [9.17, 15) is 17.6 Å². The van der Waals surface area contributed by atoms with Gasteiger partial charge in [0.15, 0.2) is 0 Å². The number of amides is 1. The molecule has 1 aromatic carbocycles. The Labute approximate surface area is 130 Å². The fourth-order valence-electron chi connectivity index (χ4n) is 2.54. The topological polar surface area (TPSA) is 75.3 Å². The monoisotopic (exact) mass is 328 g/mol. The van der Waals surface area contributed by atoms with Gasteiger partial charge in [0, 0.05) is 18.2 Å². The van der Waals surface area contributed by atoms with Crippen LogP contribution in [-0.2, 0) is 10.0 Å². The molecule has 0 aliphatic heterocycles. The molecule has 0 aromatic heterocycles. The molecule has 2 N–H and O–H groups in total. The van der Waals surface area contributed by atoms with Crippen molar-refractivity contribution in [2.75, 3.05) is 12.3 Å². The second-order valence-corrected chi connectivity index (χ2v) is 7.41. The van der Waals surface area contributed by atoms with Crippen LogP contribution >= 0.6 is 0 Å². The minimum atomic E-state index is -3.39. The minimum absolute atomic E-state index is 0.0200. The zero-order valence-electron chi connectivity index (χ0n) is 12.3. The van der Waals surface area contributed by atoms with Crippen LogP contribution in [0.3, 0.4) is 0 Å². The lowest BCUT2D eigenvalue weighted by Gasteiger charge is -2.22. The molecule has 122 valence electrons. The maximum Gasteiger partial charge on any atom is 0.251 e. The van der Waals surface area contributed by atoms with Crippen molar-refractivity contribution in [1.29, 1.82) is 0 Å². The molecule has 0 unspecified atom stereocenters. The minimum Gasteiger partial charge on any atom is -0.351 e. The third kappa shape index (κ3) is 5.38. The summed E-state index contributed by atoms with van der Waals surface area (Å²) < 4.78 is 39.3. The Morgan fingerprint density at radius 1 is 1.14 bits per heavy atom. The molecule has 1 aromatic rings. The molecule has 0 atom stereocenters. The van der Waals surface area contributed by atoms with Crippen molar-refractivity contribution >= 4 is 15.9 Å². The maximum atomic E-state index is 12.8. The zero-order chi connectivity index (χ0) is 16.0. The van der Waals surface area contributed by atoms with E-state index < -0.39 is 21.7 Å². The highest BCUT2D eigenvalue weighted by Gasteiger charge is 2.20. The molecule has 0 bridgehead atoms. The number of hydrogen-bond donors (Lipinski definition) is 2. The van der Waals surface area contributed by atoms with Crippen LogP contribution in [0.2, 0.25) is 0 Å². The van der Waals surface area contributed by atoms with Gasteiger partial charge in [-0.25, -0.2) is 17.5 Å². The molecule has 2 rings (SSSR count). The first kappa shape index (κ1) is 16.9. The Hall–Kier alpha value is -1.47. The molecule has 0 saturated heterocycles. The molecule has 1 aliphatic rings. The van der Waals surface area contributed by atoms with Gasteiger partial charge < -0.3 is 5.32 Å². The van der Waals surface area contributed by atoms with Gasteiger partial charge in [0.2, 0.25) is 10.0 Å². The number of benzene rings is 1. The number of hydrogen-bond acceptors (Lipinski definition) is 3. The van der Waals surface area contributed by atoms with E-state index in [4.69, 9.17) is 0 Å². The summed E-state index contributed by atoms with van der Waals surface area (Å²) in [6.07, 6.45) is 5.01. The van der Waals surface area contributed by atoms with Gasteiger partial charge in [-0.15, -0.1) is 0 Å². The molecule has 1 fully saturated rings. The number of sulfonamides is 1. The van der Waals surface area contributed by atoms with Gasteiger partial charge in [-0.1, -0.05) is 19.3 Å². The van der Waals surface area contributed by atoms with E-state index in [1.807, 2.05) is 0 Å². The summed E-state index contributed by atoms with van der Waals surface area (Å²) in [4.78, 5) is 11.8. The number of halogens is 1. The third-order valence-electron chi connectivity index (χ3n) is 3.71. The number of nitrogens with one attached hydrogen (secondary N) is 2. The van der Waals surface area contributed by atoms with Crippen LogP contribution in [0.1, 0.15) is 42.5 Å². The van der Waals surface area contributed by atoms with Gasteiger partial charge in [0.25, 0.3) is 5.91 Å². The standard InChI is InChI=1S/C15H21FN2O3S/c16-13-8-6-12(7-9-13)15(19)17-10-11-22(20,21)18-14-4-2-1-3-5-14/h6-9,14,18H,1-5,10-11H2,(H,17,19). The summed E-state index contributed by atoms with van der Waals surface area (Å²) in [5.41, 5.74) is 0.305. The summed E-state index contributed by atoms with van der Waals surface area (Å²) >= 11 is 0. The quantitative estimate of drug-likeness (QED) is 0.836. The first-order valence-electron chi connectivity index (χ1n) is 7.50. The Morgan fingerprint density at radius 3 is 2.41 bits per heavy atom. The lowest BCUT2D eigenvalue weighted by molar-refractivity contribution is 0.0956. The molecule has 22 heavy (non-hydrogen) atoms. The van der Waals surface area contributed by atoms with E-state index in [2.05, 4.69) is 10.0 Å². The third-order valence-corrected chi connectivity index (χ3v) is 5.15. The van der Waals surface area contributed by atoms with Crippen LogP contribution in [0.4, 0.5) is 4.39 Å². The second kappa shape index (κ2) is 7.69. The highest BCUT2D eigenvalue weighted by molar-refractivity contribution is 7.89. The van der Waals surface area contributed by atoms with Crippen molar-refractivity contribution in [3.63, 3.8) is 0 Å². The van der Waals surface area contributed by atoms with E-state index in [0.29, 0.717) is 5.56 Å². The molecule has 0 radical (unpaired) electrons. The first-order chi connectivity index (χ1) is 10.5. The zero-order valence-corrected chi connectivity index (χ0v) is 13.2. The van der Waals surface area contributed by atoms with Gasteiger partial charge in [-0.2, -0.15) is 0 Å².